The van der Waals surface area contributed by atoms with E-state index in [9.17, 15) is 9.59 Å². The van der Waals surface area contributed by atoms with Gasteiger partial charge in [0.25, 0.3) is 11.5 Å². The standard InChI is InChI=1S/C19H21N5O3/c25-18-8-7-17(19(26)21-9-4-11-23-12-10-20-15-23)22-24(18)13-14-27-16-5-2-1-3-6-16/h1-3,5-8,10,12,15H,4,9,11,13-14H2,(H,21,26). The van der Waals surface area contributed by atoms with Gasteiger partial charge in [-0.25, -0.2) is 9.67 Å². The van der Waals surface area contributed by atoms with Crippen molar-refractivity contribution in [2.75, 3.05) is 13.2 Å². The van der Waals surface area contributed by atoms with E-state index in [1.54, 1.807) is 12.5 Å². The molecule has 140 valence electrons. The average Bonchev–Trinajstić information content (AvgIpc) is 3.21. The molecule has 0 atom stereocenters. The Bertz CT molecular complexity index is 907. The maximum absolute atomic E-state index is 12.2. The molecule has 0 aliphatic rings. The van der Waals surface area contributed by atoms with Gasteiger partial charge in [0.05, 0.1) is 12.9 Å². The van der Waals surface area contributed by atoms with E-state index in [-0.39, 0.29) is 30.3 Å². The molecule has 1 aromatic carbocycles. The van der Waals surface area contributed by atoms with E-state index in [0.717, 1.165) is 18.7 Å². The van der Waals surface area contributed by atoms with E-state index in [0.29, 0.717) is 6.54 Å². The Morgan fingerprint density at radius 2 is 1.96 bits per heavy atom. The van der Waals surface area contributed by atoms with Crippen LogP contribution < -0.4 is 15.6 Å². The zero-order valence-corrected chi connectivity index (χ0v) is 14.8. The maximum Gasteiger partial charge on any atom is 0.271 e. The lowest BCUT2D eigenvalue weighted by molar-refractivity contribution is 0.0944. The second-order valence-corrected chi connectivity index (χ2v) is 5.85. The van der Waals surface area contributed by atoms with Crippen LogP contribution in [0.1, 0.15) is 16.9 Å². The largest absolute Gasteiger partial charge is 0.492 e. The second kappa shape index (κ2) is 9.33. The van der Waals surface area contributed by atoms with Crippen molar-refractivity contribution in [3.63, 3.8) is 0 Å². The van der Waals surface area contributed by atoms with Crippen LogP contribution in [-0.4, -0.2) is 38.4 Å². The van der Waals surface area contributed by atoms with Crippen LogP contribution in [0, 0.1) is 0 Å². The minimum atomic E-state index is -0.307. The number of nitrogens with zero attached hydrogens (tertiary/aromatic N) is 4. The van der Waals surface area contributed by atoms with Gasteiger partial charge in [-0.3, -0.25) is 9.59 Å². The molecule has 8 heteroatoms. The number of ether oxygens (including phenoxy) is 1. The number of hydrogen-bond acceptors (Lipinski definition) is 5. The Morgan fingerprint density at radius 1 is 1.11 bits per heavy atom. The van der Waals surface area contributed by atoms with Crippen LogP contribution in [0.25, 0.3) is 0 Å². The molecule has 0 radical (unpaired) electrons. The lowest BCUT2D eigenvalue weighted by atomic mass is 10.3. The first kappa shape index (κ1) is 18.4. The fraction of sp³-hybridized carbons (Fsp3) is 0.263. The summed E-state index contributed by atoms with van der Waals surface area (Å²) < 4.78 is 8.75. The fourth-order valence-electron chi connectivity index (χ4n) is 2.47. The molecule has 1 N–H and O–H groups in total. The molecule has 3 aromatic rings. The molecule has 0 saturated carbocycles. The van der Waals surface area contributed by atoms with E-state index in [1.165, 1.54) is 16.8 Å². The highest BCUT2D eigenvalue weighted by Crippen LogP contribution is 2.07. The summed E-state index contributed by atoms with van der Waals surface area (Å²) >= 11 is 0. The van der Waals surface area contributed by atoms with Gasteiger partial charge < -0.3 is 14.6 Å². The minimum Gasteiger partial charge on any atom is -0.492 e. The summed E-state index contributed by atoms with van der Waals surface area (Å²) in [5.74, 6) is 0.413. The number of aryl methyl sites for hydroxylation is 1. The molecule has 2 heterocycles. The molecular formula is C19H21N5O3. The summed E-state index contributed by atoms with van der Waals surface area (Å²) in [4.78, 5) is 28.1. The molecule has 0 fully saturated rings. The van der Waals surface area contributed by atoms with E-state index < -0.39 is 0 Å². The summed E-state index contributed by atoms with van der Waals surface area (Å²) in [7, 11) is 0. The smallest absolute Gasteiger partial charge is 0.271 e. The molecule has 0 saturated heterocycles. The molecule has 0 spiro atoms. The first-order chi connectivity index (χ1) is 13.2. The number of carbonyl (C=O) groups is 1. The van der Waals surface area contributed by atoms with Crippen LogP contribution in [0.2, 0.25) is 0 Å². The highest BCUT2D eigenvalue weighted by Gasteiger charge is 2.09. The zero-order chi connectivity index (χ0) is 18.9. The quantitative estimate of drug-likeness (QED) is 0.576. The molecule has 3 rings (SSSR count). The molecule has 27 heavy (non-hydrogen) atoms. The number of rotatable bonds is 9. The molecular weight excluding hydrogens is 346 g/mol. The van der Waals surface area contributed by atoms with E-state index in [2.05, 4.69) is 15.4 Å². The van der Waals surface area contributed by atoms with E-state index >= 15 is 0 Å². The predicted octanol–water partition coefficient (Wildman–Crippen LogP) is 1.34. The Morgan fingerprint density at radius 3 is 2.74 bits per heavy atom. The molecule has 0 unspecified atom stereocenters. The average molecular weight is 367 g/mol. The second-order valence-electron chi connectivity index (χ2n) is 5.85. The van der Waals surface area contributed by atoms with Gasteiger partial charge in [-0.2, -0.15) is 5.10 Å². The SMILES string of the molecule is O=C(NCCCn1ccnc1)c1ccc(=O)n(CCOc2ccccc2)n1. The summed E-state index contributed by atoms with van der Waals surface area (Å²) in [6, 6.07) is 12.1. The molecule has 0 aliphatic carbocycles. The van der Waals surface area contributed by atoms with Crippen molar-refractivity contribution in [1.29, 1.82) is 0 Å². The van der Waals surface area contributed by atoms with Crippen molar-refractivity contribution in [2.45, 2.75) is 19.5 Å². The molecule has 0 aliphatic heterocycles. The number of para-hydroxylation sites is 1. The van der Waals surface area contributed by atoms with Crippen molar-refractivity contribution in [2.24, 2.45) is 0 Å². The summed E-state index contributed by atoms with van der Waals surface area (Å²) in [5.41, 5.74) is -0.0692. The zero-order valence-electron chi connectivity index (χ0n) is 14.8. The van der Waals surface area contributed by atoms with Crippen molar-refractivity contribution in [1.82, 2.24) is 24.6 Å². The van der Waals surface area contributed by atoms with Gasteiger partial charge in [-0.1, -0.05) is 18.2 Å². The number of nitrogens with one attached hydrogen (secondary N) is 1. The number of carbonyl (C=O) groups excluding carboxylic acids is 1. The Labute approximate surface area is 156 Å². The summed E-state index contributed by atoms with van der Waals surface area (Å²) in [6.45, 7) is 1.82. The van der Waals surface area contributed by atoms with Crippen molar-refractivity contribution in [3.8, 4) is 5.75 Å². The summed E-state index contributed by atoms with van der Waals surface area (Å²) in [5, 5.41) is 6.94. The van der Waals surface area contributed by atoms with E-state index in [4.69, 9.17) is 4.74 Å². The van der Waals surface area contributed by atoms with Gasteiger partial charge in [0, 0.05) is 31.5 Å². The molecule has 0 bridgehead atoms. The maximum atomic E-state index is 12.2. The lowest BCUT2D eigenvalue weighted by Gasteiger charge is -2.09. The number of imidazole rings is 1. The third-order valence-electron chi connectivity index (χ3n) is 3.85. The Kier molecular flexibility index (Phi) is 6.35. The topological polar surface area (TPSA) is 91.0 Å². The molecule has 8 nitrogen and oxygen atoms in total. The van der Waals surface area contributed by atoms with Gasteiger partial charge in [0.1, 0.15) is 18.1 Å². The monoisotopic (exact) mass is 367 g/mol. The van der Waals surface area contributed by atoms with Crippen LogP contribution >= 0.6 is 0 Å². The van der Waals surface area contributed by atoms with Crippen LogP contribution in [0.15, 0.2) is 66.0 Å². The molecule has 2 aromatic heterocycles. The number of hydrogen-bond donors (Lipinski definition) is 1. The van der Waals surface area contributed by atoms with Crippen LogP contribution in [0.3, 0.4) is 0 Å². The normalized spacial score (nSPS) is 10.5. The van der Waals surface area contributed by atoms with Gasteiger partial charge in [-0.05, 0) is 24.6 Å². The first-order valence-electron chi connectivity index (χ1n) is 8.72. The Balaban J connectivity index is 1.49. The van der Waals surface area contributed by atoms with Gasteiger partial charge in [0.2, 0.25) is 0 Å². The third-order valence-corrected chi connectivity index (χ3v) is 3.85. The van der Waals surface area contributed by atoms with Crippen LogP contribution in [0.5, 0.6) is 5.75 Å². The van der Waals surface area contributed by atoms with Crippen LogP contribution in [-0.2, 0) is 13.1 Å². The minimum absolute atomic E-state index is 0.206. The van der Waals surface area contributed by atoms with E-state index in [1.807, 2.05) is 41.1 Å². The first-order valence-corrected chi connectivity index (χ1v) is 8.72. The predicted molar refractivity (Wildman–Crippen MR) is 99.6 cm³/mol. The highest BCUT2D eigenvalue weighted by molar-refractivity contribution is 5.91. The van der Waals surface area contributed by atoms with Gasteiger partial charge in [-0.15, -0.1) is 0 Å². The number of benzene rings is 1. The highest BCUT2D eigenvalue weighted by atomic mass is 16.5. The van der Waals surface area contributed by atoms with Crippen molar-refractivity contribution in [3.05, 3.63) is 77.2 Å². The fourth-order valence-corrected chi connectivity index (χ4v) is 2.47. The van der Waals surface area contributed by atoms with Gasteiger partial charge >= 0.3 is 0 Å². The summed E-state index contributed by atoms with van der Waals surface area (Å²) in [6.07, 6.45) is 6.09. The van der Waals surface area contributed by atoms with Gasteiger partial charge in [0.15, 0.2) is 0 Å². The third kappa shape index (κ3) is 5.53. The number of amides is 1. The van der Waals surface area contributed by atoms with Crippen molar-refractivity contribution < 1.29 is 9.53 Å². The van der Waals surface area contributed by atoms with Crippen LogP contribution in [0.4, 0.5) is 0 Å². The Hall–Kier alpha value is -3.42. The number of aromatic nitrogens is 4. The van der Waals surface area contributed by atoms with Crippen molar-refractivity contribution >= 4 is 5.91 Å². The lowest BCUT2D eigenvalue weighted by Crippen LogP contribution is -2.31. The molecule has 1 amide bonds.